The maximum Gasteiger partial charge on any atom is 0.245 e. The molecule has 0 unspecified atom stereocenters. The van der Waals surface area contributed by atoms with E-state index in [9.17, 15) is 4.79 Å². The largest absolute Gasteiger partial charge is 0.314 e. The minimum Gasteiger partial charge on any atom is -0.314 e. The Morgan fingerprint density at radius 2 is 1.94 bits per heavy atom. The van der Waals surface area contributed by atoms with E-state index in [-0.39, 0.29) is 5.91 Å². The number of halogens is 1. The van der Waals surface area contributed by atoms with E-state index in [0.717, 1.165) is 15.7 Å². The quantitative estimate of drug-likeness (QED) is 0.787. The molecule has 18 heavy (non-hydrogen) atoms. The van der Waals surface area contributed by atoms with Gasteiger partial charge in [-0.1, -0.05) is 28.1 Å². The van der Waals surface area contributed by atoms with Gasteiger partial charge in [-0.15, -0.1) is 0 Å². The molecule has 0 saturated carbocycles. The van der Waals surface area contributed by atoms with E-state index in [1.165, 1.54) is 0 Å². The van der Waals surface area contributed by atoms with Crippen LogP contribution in [0.15, 0.2) is 47.0 Å². The zero-order valence-corrected chi connectivity index (χ0v) is 11.4. The third kappa shape index (κ3) is 1.35. The third-order valence-electron chi connectivity index (χ3n) is 3.48. The fourth-order valence-electron chi connectivity index (χ4n) is 2.51. The number of nitrogens with zero attached hydrogens (tertiary/aromatic N) is 1. The summed E-state index contributed by atoms with van der Waals surface area (Å²) in [6.45, 7) is 0. The second kappa shape index (κ2) is 3.65. The van der Waals surface area contributed by atoms with Crippen LogP contribution in [0.3, 0.4) is 0 Å². The first kappa shape index (κ1) is 11.4. The predicted molar refractivity (Wildman–Crippen MR) is 75.2 cm³/mol. The first-order chi connectivity index (χ1) is 8.54. The zero-order chi connectivity index (χ0) is 12.9. The molecule has 0 aromatic heterocycles. The molecule has 1 aromatic carbocycles. The molecule has 1 spiro atoms. The Balaban J connectivity index is 2.27. The zero-order valence-electron chi connectivity index (χ0n) is 9.77. The van der Waals surface area contributed by atoms with Crippen LogP contribution in [-0.2, 0) is 10.2 Å². The van der Waals surface area contributed by atoms with Gasteiger partial charge in [-0.25, -0.2) is 0 Å². The molecule has 3 nitrogen and oxygen atoms in total. The van der Waals surface area contributed by atoms with E-state index in [2.05, 4.69) is 15.9 Å². The lowest BCUT2D eigenvalue weighted by molar-refractivity contribution is -0.120. The molecular weight excluding hydrogens is 292 g/mol. The van der Waals surface area contributed by atoms with Crippen LogP contribution >= 0.6 is 15.9 Å². The lowest BCUT2D eigenvalue weighted by atomic mass is 9.78. The fraction of sp³-hybridized carbons (Fsp3) is 0.143. The Morgan fingerprint density at radius 3 is 2.61 bits per heavy atom. The Kier molecular flexibility index (Phi) is 2.32. The molecule has 0 bridgehead atoms. The first-order valence-corrected chi connectivity index (χ1v) is 6.39. The number of amides is 1. The number of carbonyl (C=O) groups is 1. The van der Waals surface area contributed by atoms with E-state index in [1.54, 1.807) is 24.1 Å². The number of fused-ring (bicyclic) bond motifs is 2. The van der Waals surface area contributed by atoms with Gasteiger partial charge in [0.1, 0.15) is 5.41 Å². The number of carbonyl (C=O) groups excluding carboxylic acids is 1. The van der Waals surface area contributed by atoms with Crippen LogP contribution < -0.4 is 4.90 Å². The molecule has 1 heterocycles. The Hall–Kier alpha value is -1.68. The SMILES string of the molecule is CN1C(=O)C2(C=CC(=N)C=C2)c2cc(Br)ccc21. The minimum atomic E-state index is -0.738. The summed E-state index contributed by atoms with van der Waals surface area (Å²) in [5, 5.41) is 7.57. The minimum absolute atomic E-state index is 0.0237. The number of rotatable bonds is 0. The molecule has 1 N–H and O–H groups in total. The molecular formula is C14H11BrN2O. The number of hydrogen-bond donors (Lipinski definition) is 1. The molecule has 1 aliphatic carbocycles. The molecule has 0 saturated heterocycles. The van der Waals surface area contributed by atoms with E-state index in [1.807, 2.05) is 30.4 Å². The summed E-state index contributed by atoms with van der Waals surface area (Å²) in [6, 6.07) is 5.84. The van der Waals surface area contributed by atoms with Crippen LogP contribution in [-0.4, -0.2) is 18.7 Å². The van der Waals surface area contributed by atoms with Crippen molar-refractivity contribution in [1.82, 2.24) is 0 Å². The number of likely N-dealkylation sites (N-methyl/N-ethyl adjacent to an activating group) is 1. The number of allylic oxidation sites excluding steroid dienone is 2. The van der Waals surface area contributed by atoms with Crippen molar-refractivity contribution in [3.8, 4) is 0 Å². The molecule has 0 fully saturated rings. The van der Waals surface area contributed by atoms with Crippen molar-refractivity contribution >= 4 is 33.2 Å². The van der Waals surface area contributed by atoms with Gasteiger partial charge in [-0.2, -0.15) is 0 Å². The van der Waals surface area contributed by atoms with Gasteiger partial charge in [0.25, 0.3) is 0 Å². The van der Waals surface area contributed by atoms with Crippen molar-refractivity contribution in [2.45, 2.75) is 5.41 Å². The van der Waals surface area contributed by atoms with E-state index in [0.29, 0.717) is 5.71 Å². The highest BCUT2D eigenvalue weighted by Gasteiger charge is 2.46. The Morgan fingerprint density at radius 1 is 1.28 bits per heavy atom. The van der Waals surface area contributed by atoms with Gasteiger partial charge in [0.15, 0.2) is 0 Å². The standard InChI is InChI=1S/C14H11BrN2O/c1-17-12-3-2-9(15)8-11(12)14(13(17)18)6-4-10(16)5-7-14/h2-8,16H,1H3. The van der Waals surface area contributed by atoms with Crippen molar-refractivity contribution in [2.24, 2.45) is 0 Å². The molecule has 1 aromatic rings. The summed E-state index contributed by atoms with van der Waals surface area (Å²) >= 11 is 3.45. The van der Waals surface area contributed by atoms with Gasteiger partial charge < -0.3 is 10.3 Å². The van der Waals surface area contributed by atoms with E-state index >= 15 is 0 Å². The van der Waals surface area contributed by atoms with Gasteiger partial charge in [-0.3, -0.25) is 4.79 Å². The van der Waals surface area contributed by atoms with Gasteiger partial charge in [0, 0.05) is 22.8 Å². The number of anilines is 1. The highest BCUT2D eigenvalue weighted by Crippen LogP contribution is 2.45. The van der Waals surface area contributed by atoms with E-state index in [4.69, 9.17) is 5.41 Å². The summed E-state index contributed by atoms with van der Waals surface area (Å²) in [5.74, 6) is 0.0237. The summed E-state index contributed by atoms with van der Waals surface area (Å²) in [4.78, 5) is 14.2. The molecule has 0 atom stereocenters. The van der Waals surface area contributed by atoms with Crippen LogP contribution in [0.1, 0.15) is 5.56 Å². The molecule has 90 valence electrons. The second-order valence-corrected chi connectivity index (χ2v) is 5.43. The second-order valence-electron chi connectivity index (χ2n) is 4.52. The lowest BCUT2D eigenvalue weighted by Crippen LogP contribution is -2.36. The Labute approximate surface area is 113 Å². The van der Waals surface area contributed by atoms with Gasteiger partial charge in [0.05, 0.1) is 5.71 Å². The van der Waals surface area contributed by atoms with E-state index < -0.39 is 5.41 Å². The highest BCUT2D eigenvalue weighted by molar-refractivity contribution is 9.10. The molecule has 3 rings (SSSR count). The van der Waals surface area contributed by atoms with Crippen molar-refractivity contribution in [3.05, 3.63) is 52.5 Å². The van der Waals surface area contributed by atoms with Gasteiger partial charge in [-0.05, 0) is 30.4 Å². The smallest absolute Gasteiger partial charge is 0.245 e. The van der Waals surface area contributed by atoms with Crippen LogP contribution in [0, 0.1) is 5.41 Å². The molecule has 1 aliphatic heterocycles. The molecule has 2 aliphatic rings. The number of benzene rings is 1. The van der Waals surface area contributed by atoms with Crippen LogP contribution in [0.4, 0.5) is 5.69 Å². The molecule has 1 amide bonds. The molecule has 0 radical (unpaired) electrons. The normalized spacial score (nSPS) is 25.1. The maximum atomic E-state index is 12.5. The van der Waals surface area contributed by atoms with Crippen LogP contribution in [0.2, 0.25) is 0 Å². The van der Waals surface area contributed by atoms with Crippen molar-refractivity contribution in [1.29, 1.82) is 5.41 Å². The van der Waals surface area contributed by atoms with Crippen LogP contribution in [0.25, 0.3) is 0 Å². The van der Waals surface area contributed by atoms with Crippen molar-refractivity contribution in [2.75, 3.05) is 11.9 Å². The van der Waals surface area contributed by atoms with Crippen molar-refractivity contribution in [3.63, 3.8) is 0 Å². The maximum absolute atomic E-state index is 12.5. The summed E-state index contributed by atoms with van der Waals surface area (Å²) in [7, 11) is 1.78. The topological polar surface area (TPSA) is 44.2 Å². The fourth-order valence-corrected chi connectivity index (χ4v) is 2.87. The summed E-state index contributed by atoms with van der Waals surface area (Å²) < 4.78 is 0.950. The van der Waals surface area contributed by atoms with Crippen molar-refractivity contribution < 1.29 is 4.79 Å². The highest BCUT2D eigenvalue weighted by atomic mass is 79.9. The average Bonchev–Trinajstić information content (AvgIpc) is 2.56. The first-order valence-electron chi connectivity index (χ1n) is 5.60. The average molecular weight is 303 g/mol. The number of hydrogen-bond acceptors (Lipinski definition) is 2. The Bertz CT molecular complexity index is 615. The summed E-state index contributed by atoms with van der Waals surface area (Å²) in [5.41, 5.74) is 1.56. The van der Waals surface area contributed by atoms with Gasteiger partial charge >= 0.3 is 0 Å². The number of nitrogens with one attached hydrogen (secondary N) is 1. The molecule has 4 heteroatoms. The summed E-state index contributed by atoms with van der Waals surface area (Å²) in [6.07, 6.45) is 6.99. The van der Waals surface area contributed by atoms with Crippen LogP contribution in [0.5, 0.6) is 0 Å². The third-order valence-corrected chi connectivity index (χ3v) is 3.97. The lowest BCUT2D eigenvalue weighted by Gasteiger charge is -2.22. The van der Waals surface area contributed by atoms with Gasteiger partial charge in [0.2, 0.25) is 5.91 Å². The monoisotopic (exact) mass is 302 g/mol. The predicted octanol–water partition coefficient (Wildman–Crippen LogP) is 2.81.